The monoisotopic (exact) mass is 156 g/mol. The van der Waals surface area contributed by atoms with Gasteiger partial charge in [-0.3, -0.25) is 5.10 Å². The van der Waals surface area contributed by atoms with Crippen LogP contribution < -0.4 is 0 Å². The smallest absolute Gasteiger partial charge is 0.356 e. The molecule has 1 heterocycles. The molecule has 5 heteroatoms. The molecule has 0 aliphatic heterocycles. The number of carbonyl (C=O) groups is 1. The maximum absolute atomic E-state index is 10.3. The number of nitrogens with one attached hydrogen (secondary N) is 1. The van der Waals surface area contributed by atoms with E-state index in [1.807, 2.05) is 0 Å². The first-order chi connectivity index (χ1) is 5.11. The average Bonchev–Trinajstić information content (AvgIpc) is 2.33. The quantitative estimate of drug-likeness (QED) is 0.569. The molecular weight excluding hydrogens is 148 g/mol. The number of H-pyrrole nitrogens is 1. The summed E-state index contributed by atoms with van der Waals surface area (Å²) in [6.07, 6.45) is -0.712. The number of aliphatic hydroxyl groups excluding tert-OH is 1. The summed E-state index contributed by atoms with van der Waals surface area (Å²) in [5, 5.41) is 23.2. The van der Waals surface area contributed by atoms with Crippen LogP contribution in [-0.2, 0) is 0 Å². The third kappa shape index (κ3) is 1.56. The summed E-state index contributed by atoms with van der Waals surface area (Å²) < 4.78 is 0. The van der Waals surface area contributed by atoms with Crippen molar-refractivity contribution in [1.82, 2.24) is 10.2 Å². The summed E-state index contributed by atoms with van der Waals surface area (Å²) in [7, 11) is 0. The zero-order valence-corrected chi connectivity index (χ0v) is 5.90. The van der Waals surface area contributed by atoms with E-state index in [0.717, 1.165) is 0 Å². The molecule has 0 bridgehead atoms. The third-order valence-electron chi connectivity index (χ3n) is 1.27. The summed E-state index contributed by atoms with van der Waals surface area (Å²) in [6, 6.07) is 1.30. The van der Waals surface area contributed by atoms with Gasteiger partial charge in [0.2, 0.25) is 0 Å². The Morgan fingerprint density at radius 3 is 2.73 bits per heavy atom. The average molecular weight is 156 g/mol. The van der Waals surface area contributed by atoms with Crippen molar-refractivity contribution in [3.8, 4) is 0 Å². The molecule has 0 saturated heterocycles. The van der Waals surface area contributed by atoms with Crippen molar-refractivity contribution in [3.05, 3.63) is 17.5 Å². The lowest BCUT2D eigenvalue weighted by atomic mass is 10.3. The van der Waals surface area contributed by atoms with E-state index in [-0.39, 0.29) is 5.69 Å². The maximum Gasteiger partial charge on any atom is 0.356 e. The van der Waals surface area contributed by atoms with Gasteiger partial charge >= 0.3 is 5.97 Å². The molecule has 0 saturated carbocycles. The van der Waals surface area contributed by atoms with Gasteiger partial charge < -0.3 is 10.2 Å². The minimum Gasteiger partial charge on any atom is -0.476 e. The lowest BCUT2D eigenvalue weighted by Crippen LogP contribution is -1.95. The fraction of sp³-hybridized carbons (Fsp3) is 0.333. The van der Waals surface area contributed by atoms with Gasteiger partial charge in [-0.15, -0.1) is 0 Å². The van der Waals surface area contributed by atoms with E-state index in [1.165, 1.54) is 13.0 Å². The summed E-state index contributed by atoms with van der Waals surface area (Å²) in [4.78, 5) is 10.3. The highest BCUT2D eigenvalue weighted by molar-refractivity contribution is 5.85. The first kappa shape index (κ1) is 7.74. The van der Waals surface area contributed by atoms with Gasteiger partial charge in [0.05, 0.1) is 11.8 Å². The number of aromatic carboxylic acids is 1. The van der Waals surface area contributed by atoms with Gasteiger partial charge in [-0.2, -0.15) is 5.10 Å². The van der Waals surface area contributed by atoms with Crippen molar-refractivity contribution in [3.63, 3.8) is 0 Å². The Balaban J connectivity index is 2.90. The fourth-order valence-corrected chi connectivity index (χ4v) is 0.660. The zero-order valence-electron chi connectivity index (χ0n) is 5.90. The minimum atomic E-state index is -1.10. The molecule has 11 heavy (non-hydrogen) atoms. The fourth-order valence-electron chi connectivity index (χ4n) is 0.660. The first-order valence-electron chi connectivity index (χ1n) is 3.08. The number of carboxylic acids is 1. The second kappa shape index (κ2) is 2.71. The molecule has 0 aliphatic rings. The molecule has 3 N–H and O–H groups in total. The topological polar surface area (TPSA) is 86.2 Å². The summed E-state index contributed by atoms with van der Waals surface area (Å²) in [5.74, 6) is -1.10. The Kier molecular flexibility index (Phi) is 1.91. The van der Waals surface area contributed by atoms with Crippen LogP contribution in [0.2, 0.25) is 0 Å². The van der Waals surface area contributed by atoms with Gasteiger partial charge in [-0.25, -0.2) is 4.79 Å². The van der Waals surface area contributed by atoms with E-state index in [0.29, 0.717) is 5.69 Å². The van der Waals surface area contributed by atoms with Crippen LogP contribution in [0.3, 0.4) is 0 Å². The summed E-state index contributed by atoms with van der Waals surface area (Å²) in [6.45, 7) is 1.53. The van der Waals surface area contributed by atoms with E-state index in [4.69, 9.17) is 10.2 Å². The molecule has 0 amide bonds. The van der Waals surface area contributed by atoms with Crippen LogP contribution in [0.25, 0.3) is 0 Å². The molecule has 1 aromatic rings. The van der Waals surface area contributed by atoms with Crippen LogP contribution in [0, 0.1) is 0 Å². The lowest BCUT2D eigenvalue weighted by Gasteiger charge is -1.95. The van der Waals surface area contributed by atoms with Gasteiger partial charge in [-0.05, 0) is 13.0 Å². The largest absolute Gasteiger partial charge is 0.476 e. The minimum absolute atomic E-state index is 0.0825. The summed E-state index contributed by atoms with van der Waals surface area (Å²) >= 11 is 0. The van der Waals surface area contributed by atoms with Crippen LogP contribution in [0.15, 0.2) is 6.07 Å². The molecular formula is C6H8N2O3. The van der Waals surface area contributed by atoms with Gasteiger partial charge in [0.15, 0.2) is 5.69 Å². The molecule has 5 nitrogen and oxygen atoms in total. The van der Waals surface area contributed by atoms with Crippen molar-refractivity contribution in [2.75, 3.05) is 0 Å². The molecule has 0 fully saturated rings. The molecule has 0 spiro atoms. The number of aliphatic hydroxyl groups is 1. The summed E-state index contributed by atoms with van der Waals surface area (Å²) in [5.41, 5.74) is 0.323. The Hall–Kier alpha value is -1.36. The molecule has 0 aliphatic carbocycles. The number of hydrogen-bond donors (Lipinski definition) is 3. The van der Waals surface area contributed by atoms with E-state index in [2.05, 4.69) is 10.2 Å². The van der Waals surface area contributed by atoms with E-state index < -0.39 is 12.1 Å². The van der Waals surface area contributed by atoms with Gasteiger partial charge in [0.1, 0.15) is 0 Å². The molecule has 1 rings (SSSR count). The predicted octanol–water partition coefficient (Wildman–Crippen LogP) is 0.161. The normalized spacial score (nSPS) is 12.9. The van der Waals surface area contributed by atoms with Gasteiger partial charge in [0.25, 0.3) is 0 Å². The van der Waals surface area contributed by atoms with E-state index in [9.17, 15) is 4.79 Å². The number of hydrogen-bond acceptors (Lipinski definition) is 3. The van der Waals surface area contributed by atoms with Crippen LogP contribution in [0.4, 0.5) is 0 Å². The van der Waals surface area contributed by atoms with Crippen LogP contribution in [0.1, 0.15) is 29.2 Å². The highest BCUT2D eigenvalue weighted by Gasteiger charge is 2.10. The molecule has 1 aromatic heterocycles. The Morgan fingerprint density at radius 2 is 2.45 bits per heavy atom. The van der Waals surface area contributed by atoms with E-state index >= 15 is 0 Å². The first-order valence-corrected chi connectivity index (χ1v) is 3.08. The molecule has 0 aromatic carbocycles. The van der Waals surface area contributed by atoms with Crippen molar-refractivity contribution >= 4 is 5.97 Å². The lowest BCUT2D eigenvalue weighted by molar-refractivity contribution is 0.0690. The van der Waals surface area contributed by atoms with Crippen molar-refractivity contribution in [2.24, 2.45) is 0 Å². The SMILES string of the molecule is CC(O)c1cc(C(=O)O)n[nH]1. The number of carboxylic acid groups (broad SMARTS) is 1. The zero-order chi connectivity index (χ0) is 8.43. The number of aromatic nitrogens is 2. The van der Waals surface area contributed by atoms with Crippen molar-refractivity contribution < 1.29 is 15.0 Å². The molecule has 1 unspecified atom stereocenters. The second-order valence-electron chi connectivity index (χ2n) is 2.19. The molecule has 1 atom stereocenters. The third-order valence-corrected chi connectivity index (χ3v) is 1.27. The Morgan fingerprint density at radius 1 is 1.82 bits per heavy atom. The predicted molar refractivity (Wildman–Crippen MR) is 36.2 cm³/mol. The van der Waals surface area contributed by atoms with Crippen LogP contribution >= 0.6 is 0 Å². The van der Waals surface area contributed by atoms with Crippen LogP contribution in [0.5, 0.6) is 0 Å². The maximum atomic E-state index is 10.3. The number of rotatable bonds is 2. The molecule has 60 valence electrons. The molecule has 0 radical (unpaired) electrons. The number of aromatic amines is 1. The Labute approximate surface area is 62.7 Å². The Bertz CT molecular complexity index is 267. The van der Waals surface area contributed by atoms with Crippen LogP contribution in [-0.4, -0.2) is 26.4 Å². The van der Waals surface area contributed by atoms with Gasteiger partial charge in [-0.1, -0.05) is 0 Å². The second-order valence-corrected chi connectivity index (χ2v) is 2.19. The van der Waals surface area contributed by atoms with Gasteiger partial charge in [0, 0.05) is 0 Å². The van der Waals surface area contributed by atoms with Crippen molar-refractivity contribution in [1.29, 1.82) is 0 Å². The van der Waals surface area contributed by atoms with Crippen molar-refractivity contribution in [2.45, 2.75) is 13.0 Å². The highest BCUT2D eigenvalue weighted by Crippen LogP contribution is 2.08. The standard InChI is InChI=1S/C6H8N2O3/c1-3(9)4-2-5(6(10)11)8-7-4/h2-3,9H,1H3,(H,7,8)(H,10,11). The highest BCUT2D eigenvalue weighted by atomic mass is 16.4. The number of nitrogens with zero attached hydrogens (tertiary/aromatic N) is 1. The van der Waals surface area contributed by atoms with E-state index in [1.54, 1.807) is 0 Å².